The fraction of sp³-hybridized carbons (Fsp3) is 0. The van der Waals surface area contributed by atoms with Crippen molar-refractivity contribution in [3.05, 3.63) is 29.8 Å². The summed E-state index contributed by atoms with van der Waals surface area (Å²) >= 11 is 5.16. The predicted molar refractivity (Wildman–Crippen MR) is 49.3 cm³/mol. The highest BCUT2D eigenvalue weighted by atomic mass is 35.5. The Labute approximate surface area is 84.5 Å². The maximum atomic E-state index is 10.6. The van der Waals surface area contributed by atoms with E-state index < -0.39 is 13.1 Å². The quantitative estimate of drug-likeness (QED) is 0.614. The number of halogens is 1. The molecule has 0 aromatic heterocycles. The van der Waals surface area contributed by atoms with Gasteiger partial charge in [-0.2, -0.15) is 0 Å². The van der Waals surface area contributed by atoms with Gasteiger partial charge in [-0.05, 0) is 35.9 Å². The van der Waals surface area contributed by atoms with E-state index >= 15 is 0 Å². The molecule has 0 radical (unpaired) electrons. The van der Waals surface area contributed by atoms with E-state index in [1.54, 1.807) is 0 Å². The summed E-state index contributed by atoms with van der Waals surface area (Å²) in [6, 6.07) is 5.10. The third kappa shape index (κ3) is 3.47. The normalized spacial score (nSPS) is 11.1. The highest BCUT2D eigenvalue weighted by molar-refractivity contribution is 7.46. The van der Waals surface area contributed by atoms with E-state index in [-0.39, 0.29) is 11.3 Å². The van der Waals surface area contributed by atoms with Gasteiger partial charge in [-0.1, -0.05) is 0 Å². The van der Waals surface area contributed by atoms with Crippen LogP contribution in [0, 0.1) is 0 Å². The number of hydrogen-bond donors (Lipinski definition) is 2. The minimum absolute atomic E-state index is 0.0278. The lowest BCUT2D eigenvalue weighted by Crippen LogP contribution is -1.92. The van der Waals surface area contributed by atoms with Gasteiger partial charge in [-0.15, -0.1) is 0 Å². The van der Waals surface area contributed by atoms with Crippen molar-refractivity contribution in [3.8, 4) is 5.75 Å². The van der Waals surface area contributed by atoms with Gasteiger partial charge in [-0.25, -0.2) is 4.57 Å². The van der Waals surface area contributed by atoms with E-state index in [9.17, 15) is 9.36 Å². The number of phosphoric ester groups is 1. The molecule has 0 fully saturated rings. The number of carbonyl (C=O) groups is 1. The van der Waals surface area contributed by atoms with E-state index in [1.165, 1.54) is 24.3 Å². The monoisotopic (exact) mass is 236 g/mol. The Bertz CT molecular complexity index is 382. The molecule has 0 spiro atoms. The fourth-order valence-corrected chi connectivity index (χ4v) is 1.31. The molecule has 2 N–H and O–H groups in total. The second-order valence-corrected chi connectivity index (χ2v) is 3.89. The molecule has 1 rings (SSSR count). The van der Waals surface area contributed by atoms with Gasteiger partial charge in [0.25, 0.3) is 5.24 Å². The van der Waals surface area contributed by atoms with Crippen LogP contribution in [0.4, 0.5) is 0 Å². The molecule has 0 aliphatic carbocycles. The van der Waals surface area contributed by atoms with Gasteiger partial charge in [0.1, 0.15) is 5.75 Å². The van der Waals surface area contributed by atoms with Crippen molar-refractivity contribution in [1.82, 2.24) is 0 Å². The van der Waals surface area contributed by atoms with Crippen molar-refractivity contribution in [1.29, 1.82) is 0 Å². The van der Waals surface area contributed by atoms with Crippen LogP contribution in [-0.4, -0.2) is 15.0 Å². The zero-order valence-electron chi connectivity index (χ0n) is 6.75. The zero-order valence-corrected chi connectivity index (χ0v) is 8.40. The van der Waals surface area contributed by atoms with Gasteiger partial charge in [0.15, 0.2) is 0 Å². The SMILES string of the molecule is O=C(Cl)c1ccc(OP(=O)(O)O)cc1. The first-order valence-corrected chi connectivity index (χ1v) is 5.34. The van der Waals surface area contributed by atoms with Crippen LogP contribution in [0.25, 0.3) is 0 Å². The molecule has 1 aromatic rings. The summed E-state index contributed by atoms with van der Waals surface area (Å²) in [6.07, 6.45) is 0. The number of benzene rings is 1. The third-order valence-electron chi connectivity index (χ3n) is 1.31. The average molecular weight is 237 g/mol. The first kappa shape index (κ1) is 11.2. The third-order valence-corrected chi connectivity index (χ3v) is 1.97. The summed E-state index contributed by atoms with van der Waals surface area (Å²) in [6.45, 7) is 0. The second kappa shape index (κ2) is 4.11. The molecule has 0 saturated heterocycles. The summed E-state index contributed by atoms with van der Waals surface area (Å²) in [5, 5.41) is -0.646. The van der Waals surface area contributed by atoms with Gasteiger partial charge in [0.05, 0.1) is 0 Å². The maximum absolute atomic E-state index is 10.6. The van der Waals surface area contributed by atoms with Crippen molar-refractivity contribution in [2.24, 2.45) is 0 Å². The van der Waals surface area contributed by atoms with Gasteiger partial charge < -0.3 is 4.52 Å². The van der Waals surface area contributed by atoms with E-state index in [1.807, 2.05) is 0 Å². The van der Waals surface area contributed by atoms with Gasteiger partial charge in [0, 0.05) is 5.56 Å². The molecule has 0 unspecified atom stereocenters. The lowest BCUT2D eigenvalue weighted by Gasteiger charge is -2.05. The number of phosphoric acid groups is 1. The van der Waals surface area contributed by atoms with Crippen LogP contribution in [0.5, 0.6) is 5.75 Å². The van der Waals surface area contributed by atoms with Crippen molar-refractivity contribution in [3.63, 3.8) is 0 Å². The Kier molecular flexibility index (Phi) is 3.29. The maximum Gasteiger partial charge on any atom is 0.524 e. The van der Waals surface area contributed by atoms with Crippen molar-refractivity contribution in [2.75, 3.05) is 0 Å². The second-order valence-electron chi connectivity index (χ2n) is 2.38. The van der Waals surface area contributed by atoms with Crippen LogP contribution in [0.15, 0.2) is 24.3 Å². The van der Waals surface area contributed by atoms with Crippen LogP contribution in [0.1, 0.15) is 10.4 Å². The Morgan fingerprint density at radius 3 is 2.14 bits per heavy atom. The van der Waals surface area contributed by atoms with Crippen molar-refractivity contribution < 1.29 is 23.7 Å². The summed E-state index contributed by atoms with van der Waals surface area (Å²) in [5.41, 5.74) is 0.227. The molecule has 7 heteroatoms. The molecule has 0 bridgehead atoms. The molecule has 0 amide bonds. The summed E-state index contributed by atoms with van der Waals surface area (Å²) in [7, 11) is -4.54. The lowest BCUT2D eigenvalue weighted by molar-refractivity contribution is 0.108. The average Bonchev–Trinajstić information content (AvgIpc) is 2.02. The molecule has 76 valence electrons. The highest BCUT2D eigenvalue weighted by Crippen LogP contribution is 2.37. The van der Waals surface area contributed by atoms with Crippen LogP contribution in [-0.2, 0) is 4.57 Å². The van der Waals surface area contributed by atoms with Crippen LogP contribution in [0.2, 0.25) is 0 Å². The van der Waals surface area contributed by atoms with Gasteiger partial charge in [-0.3, -0.25) is 14.6 Å². The minimum atomic E-state index is -4.54. The zero-order chi connectivity index (χ0) is 10.8. The van der Waals surface area contributed by atoms with E-state index in [4.69, 9.17) is 21.4 Å². The van der Waals surface area contributed by atoms with Crippen molar-refractivity contribution >= 4 is 24.7 Å². The largest absolute Gasteiger partial charge is 0.524 e. The number of rotatable bonds is 3. The molecule has 0 aliphatic heterocycles. The van der Waals surface area contributed by atoms with Crippen LogP contribution >= 0.6 is 19.4 Å². The first-order chi connectivity index (χ1) is 6.38. The first-order valence-electron chi connectivity index (χ1n) is 3.43. The molecule has 0 atom stereocenters. The van der Waals surface area contributed by atoms with Crippen LogP contribution < -0.4 is 4.52 Å². The van der Waals surface area contributed by atoms with Crippen molar-refractivity contribution in [2.45, 2.75) is 0 Å². The fourth-order valence-electron chi connectivity index (χ4n) is 0.784. The smallest absolute Gasteiger partial charge is 0.404 e. The van der Waals surface area contributed by atoms with E-state index in [0.29, 0.717) is 0 Å². The minimum Gasteiger partial charge on any atom is -0.404 e. The summed E-state index contributed by atoms with van der Waals surface area (Å²) in [4.78, 5) is 27.5. The molecule has 5 nitrogen and oxygen atoms in total. The number of hydrogen-bond acceptors (Lipinski definition) is 3. The predicted octanol–water partition coefficient (Wildman–Crippen LogP) is 1.54. The molecular weight excluding hydrogens is 230 g/mol. The standard InChI is InChI=1S/C7H6ClO5P/c8-7(9)5-1-3-6(4-2-5)13-14(10,11)12/h1-4H,(H2,10,11,12). The molecule has 1 aromatic carbocycles. The Morgan fingerprint density at radius 2 is 1.79 bits per heavy atom. The summed E-state index contributed by atoms with van der Waals surface area (Å²) < 4.78 is 14.6. The van der Waals surface area contributed by atoms with Crippen LogP contribution in [0.3, 0.4) is 0 Å². The lowest BCUT2D eigenvalue weighted by atomic mass is 10.2. The topological polar surface area (TPSA) is 83.8 Å². The molecule has 14 heavy (non-hydrogen) atoms. The Hall–Kier alpha value is -0.870. The molecular formula is C7H6ClO5P. The van der Waals surface area contributed by atoms with Gasteiger partial charge in [0.2, 0.25) is 0 Å². The highest BCUT2D eigenvalue weighted by Gasteiger charge is 2.15. The Morgan fingerprint density at radius 1 is 1.29 bits per heavy atom. The van der Waals surface area contributed by atoms with E-state index in [0.717, 1.165) is 0 Å². The van der Waals surface area contributed by atoms with Gasteiger partial charge >= 0.3 is 7.82 Å². The molecule has 0 aliphatic rings. The Balaban J connectivity index is 2.84. The number of carbonyl (C=O) groups excluding carboxylic acids is 1. The molecule has 0 heterocycles. The summed E-state index contributed by atoms with van der Waals surface area (Å²) in [5.74, 6) is -0.0278. The molecule has 0 saturated carbocycles. The van der Waals surface area contributed by atoms with E-state index in [2.05, 4.69) is 4.52 Å².